The molecule has 0 aliphatic carbocycles. The van der Waals surface area contributed by atoms with Gasteiger partial charge < -0.3 is 42.0 Å². The summed E-state index contributed by atoms with van der Waals surface area (Å²) in [5.41, 5.74) is 2.04. The van der Waals surface area contributed by atoms with E-state index < -0.39 is 39.1 Å². The number of hydrogen-bond acceptors (Lipinski definition) is 9. The molecule has 5 aliphatic rings. The van der Waals surface area contributed by atoms with E-state index in [-0.39, 0.29) is 36.6 Å². The van der Waals surface area contributed by atoms with Crippen LogP contribution < -0.4 is 0 Å². The number of fused-ring (bicyclic) bond motifs is 5. The third-order valence-corrected chi connectivity index (χ3v) is 9.85. The largest absolute Gasteiger partial charge is 0.386 e. The Morgan fingerprint density at radius 3 is 2.25 bits per heavy atom. The van der Waals surface area contributed by atoms with Crippen LogP contribution in [-0.2, 0) is 48.6 Å². The summed E-state index contributed by atoms with van der Waals surface area (Å²) in [5.74, 6) is -0.724. The second kappa shape index (κ2) is 10.5. The van der Waals surface area contributed by atoms with Crippen LogP contribution in [-0.4, -0.2) is 76.1 Å². The van der Waals surface area contributed by atoms with Gasteiger partial charge in [0.1, 0.15) is 36.6 Å². The predicted molar refractivity (Wildman–Crippen MR) is 144 cm³/mol. The molecule has 0 saturated carbocycles. The minimum Gasteiger partial charge on any atom is -0.386 e. The van der Waals surface area contributed by atoms with Crippen molar-refractivity contribution in [2.45, 2.75) is 107 Å². The van der Waals surface area contributed by atoms with Gasteiger partial charge in [0, 0.05) is 12.0 Å². The monoisotopic (exact) mass is 570 g/mol. The molecule has 7 rings (SSSR count). The maximum absolute atomic E-state index is 6.88. The zero-order chi connectivity index (χ0) is 27.5. The average molecular weight is 571 g/mol. The highest BCUT2D eigenvalue weighted by atomic mass is 28.4. The molecule has 0 unspecified atom stereocenters. The second-order valence-corrected chi connectivity index (χ2v) is 15.4. The fourth-order valence-electron chi connectivity index (χ4n) is 6.52. The van der Waals surface area contributed by atoms with Gasteiger partial charge in [-0.15, -0.1) is 0 Å². The van der Waals surface area contributed by atoms with Gasteiger partial charge in [0.05, 0.1) is 25.4 Å². The summed E-state index contributed by atoms with van der Waals surface area (Å²) in [4.78, 5) is 0. The first-order valence-corrected chi connectivity index (χ1v) is 17.1. The van der Waals surface area contributed by atoms with Crippen molar-refractivity contribution >= 4 is 8.56 Å². The molecule has 216 valence electrons. The first-order chi connectivity index (χ1) is 19.2. The minimum absolute atomic E-state index is 0.261. The maximum atomic E-state index is 6.88. The number of hydrogen-bond donors (Lipinski definition) is 0. The molecule has 0 N–H and O–H groups in total. The summed E-state index contributed by atoms with van der Waals surface area (Å²) in [6, 6.07) is 20.1. The molecule has 5 heterocycles. The van der Waals surface area contributed by atoms with Crippen LogP contribution in [0.15, 0.2) is 60.7 Å². The van der Waals surface area contributed by atoms with E-state index in [1.165, 1.54) is 0 Å². The first-order valence-electron chi connectivity index (χ1n) is 14.2. The van der Waals surface area contributed by atoms with Crippen LogP contribution >= 0.6 is 0 Å². The fraction of sp³-hybridized carbons (Fsp3) is 0.600. The third kappa shape index (κ3) is 5.31. The van der Waals surface area contributed by atoms with E-state index in [0.29, 0.717) is 19.6 Å². The van der Waals surface area contributed by atoms with Gasteiger partial charge in [-0.25, -0.2) is 0 Å². The molecule has 0 spiro atoms. The number of ether oxygens (including phenoxy) is 7. The second-order valence-electron chi connectivity index (χ2n) is 12.1. The first kappa shape index (κ1) is 27.1. The van der Waals surface area contributed by atoms with E-state index >= 15 is 0 Å². The molecule has 10 heteroatoms. The zero-order valence-electron chi connectivity index (χ0n) is 23.3. The molecule has 40 heavy (non-hydrogen) atoms. The summed E-state index contributed by atoms with van der Waals surface area (Å²) >= 11 is 0. The number of rotatable bonds is 4. The van der Waals surface area contributed by atoms with Gasteiger partial charge in [-0.05, 0) is 32.5 Å². The molecule has 5 saturated heterocycles. The molecule has 0 radical (unpaired) electrons. The summed E-state index contributed by atoms with van der Waals surface area (Å²) in [5, 5.41) is 0. The van der Waals surface area contributed by atoms with E-state index in [4.69, 9.17) is 42.0 Å². The smallest absolute Gasteiger partial charge is 0.332 e. The molecule has 9 nitrogen and oxygen atoms in total. The Hall–Kier alpha value is -1.70. The van der Waals surface area contributed by atoms with Gasteiger partial charge >= 0.3 is 8.56 Å². The van der Waals surface area contributed by atoms with Crippen LogP contribution in [0.5, 0.6) is 0 Å². The lowest BCUT2D eigenvalue weighted by molar-refractivity contribution is -0.338. The Kier molecular flexibility index (Phi) is 7.15. The molecule has 0 amide bonds. The van der Waals surface area contributed by atoms with Crippen LogP contribution in [0.1, 0.15) is 37.7 Å². The summed E-state index contributed by atoms with van der Waals surface area (Å²) < 4.78 is 58.4. The SMILES string of the molecule is CC1(C)O[C@H]2O[C@@H]3C[C@@H]4O[C@@H]5CO[C@@H](c6ccccc6)O[C@H]5[C@H](OCc5ccccc5)[C@H]4O[Si](C)(C)O[C@@H]3[C@H]2O1. The van der Waals surface area contributed by atoms with E-state index in [2.05, 4.69) is 25.2 Å². The highest BCUT2D eigenvalue weighted by Gasteiger charge is 2.61. The number of benzene rings is 2. The molecule has 2 aromatic rings. The van der Waals surface area contributed by atoms with Crippen molar-refractivity contribution in [1.82, 2.24) is 0 Å². The van der Waals surface area contributed by atoms with Crippen molar-refractivity contribution in [2.24, 2.45) is 0 Å². The average Bonchev–Trinajstić information content (AvgIpc) is 3.39. The summed E-state index contributed by atoms with van der Waals surface area (Å²) in [6.07, 6.45) is -3.16. The highest BCUT2D eigenvalue weighted by molar-refractivity contribution is 6.64. The van der Waals surface area contributed by atoms with E-state index in [1.54, 1.807) is 0 Å². The quantitative estimate of drug-likeness (QED) is 0.502. The molecule has 0 bridgehead atoms. The lowest BCUT2D eigenvalue weighted by Gasteiger charge is -2.52. The van der Waals surface area contributed by atoms with Crippen LogP contribution in [0.4, 0.5) is 0 Å². The summed E-state index contributed by atoms with van der Waals surface area (Å²) in [7, 11) is -2.72. The van der Waals surface area contributed by atoms with Gasteiger partial charge in [-0.1, -0.05) is 60.7 Å². The molecule has 0 aromatic heterocycles. The standard InChI is InChI=1S/C30H38O9Si/c1-30(2)36-27-25-21(34-29(27)37-30)15-20-24(38-40(3,4)39-25)26(31-16-18-11-7-5-8-12-18)23-22(33-20)17-32-28(35-23)19-13-9-6-10-14-19/h5-14,20-29H,15-17H2,1-4H3/t20-,21+,22+,23+,24-,25-,26-,27+,28+,29+/m0/s1. The van der Waals surface area contributed by atoms with Crippen molar-refractivity contribution < 1.29 is 42.0 Å². The highest BCUT2D eigenvalue weighted by Crippen LogP contribution is 2.45. The zero-order valence-corrected chi connectivity index (χ0v) is 24.3. The molecule has 2 aromatic carbocycles. The van der Waals surface area contributed by atoms with Crippen molar-refractivity contribution in [2.75, 3.05) is 6.61 Å². The Labute approximate surface area is 236 Å². The van der Waals surface area contributed by atoms with Crippen molar-refractivity contribution in [3.05, 3.63) is 71.8 Å². The molecular weight excluding hydrogens is 532 g/mol. The fourth-order valence-corrected chi connectivity index (χ4v) is 8.46. The Balaban J connectivity index is 1.17. The molecular formula is C30H38O9Si. The van der Waals surface area contributed by atoms with Gasteiger partial charge in [0.2, 0.25) is 0 Å². The topological polar surface area (TPSA) is 83.1 Å². The third-order valence-electron chi connectivity index (χ3n) is 8.17. The van der Waals surface area contributed by atoms with Gasteiger partial charge in [0.25, 0.3) is 0 Å². The minimum atomic E-state index is -2.72. The summed E-state index contributed by atoms with van der Waals surface area (Å²) in [6.45, 7) is 8.71. The van der Waals surface area contributed by atoms with Crippen LogP contribution in [0.3, 0.4) is 0 Å². The van der Waals surface area contributed by atoms with Crippen LogP contribution in [0.25, 0.3) is 0 Å². The van der Waals surface area contributed by atoms with E-state index in [9.17, 15) is 0 Å². The van der Waals surface area contributed by atoms with Gasteiger partial charge in [-0.2, -0.15) is 0 Å². The molecule has 10 atom stereocenters. The van der Waals surface area contributed by atoms with Crippen molar-refractivity contribution in [1.29, 1.82) is 0 Å². The Morgan fingerprint density at radius 2 is 1.48 bits per heavy atom. The van der Waals surface area contributed by atoms with E-state index in [1.807, 2.05) is 62.4 Å². The molecule has 5 aliphatic heterocycles. The van der Waals surface area contributed by atoms with E-state index in [0.717, 1.165) is 11.1 Å². The van der Waals surface area contributed by atoms with Crippen molar-refractivity contribution in [3.8, 4) is 0 Å². The van der Waals surface area contributed by atoms with Gasteiger partial charge in [0.15, 0.2) is 18.4 Å². The Bertz CT molecular complexity index is 1160. The van der Waals surface area contributed by atoms with Gasteiger partial charge in [-0.3, -0.25) is 0 Å². The lowest BCUT2D eigenvalue weighted by atomic mass is 9.90. The van der Waals surface area contributed by atoms with Crippen LogP contribution in [0.2, 0.25) is 13.1 Å². The Morgan fingerprint density at radius 1 is 0.775 bits per heavy atom. The van der Waals surface area contributed by atoms with Crippen molar-refractivity contribution in [3.63, 3.8) is 0 Å². The lowest BCUT2D eigenvalue weighted by Crippen LogP contribution is -2.67. The van der Waals surface area contributed by atoms with Crippen LogP contribution in [0, 0.1) is 0 Å². The normalized spacial score (nSPS) is 41.6. The molecule has 5 fully saturated rings. The maximum Gasteiger partial charge on any atom is 0.332 e. The predicted octanol–water partition coefficient (Wildman–Crippen LogP) is 4.21.